The molecule has 0 saturated heterocycles. The fourth-order valence-electron chi connectivity index (χ4n) is 3.04. The summed E-state index contributed by atoms with van der Waals surface area (Å²) in [6.45, 7) is 4.44. The number of nitrogens with one attached hydrogen (secondary N) is 1. The van der Waals surface area contributed by atoms with Gasteiger partial charge in [0.25, 0.3) is 0 Å². The number of nitrogens with zero attached hydrogens (tertiary/aromatic N) is 3. The fraction of sp³-hybridized carbons (Fsp3) is 0.389. The molecule has 2 aromatic rings. The van der Waals surface area contributed by atoms with Gasteiger partial charge in [0.2, 0.25) is 0 Å². The van der Waals surface area contributed by atoms with Crippen LogP contribution in [0.15, 0.2) is 30.7 Å². The van der Waals surface area contributed by atoms with E-state index in [0.29, 0.717) is 18.1 Å². The summed E-state index contributed by atoms with van der Waals surface area (Å²) in [7, 11) is -1.06. The first-order valence-electron chi connectivity index (χ1n) is 8.65. The summed E-state index contributed by atoms with van der Waals surface area (Å²) in [5.74, 6) is 1.20. The van der Waals surface area contributed by atoms with Gasteiger partial charge in [0.05, 0.1) is 11.0 Å². The van der Waals surface area contributed by atoms with Crippen molar-refractivity contribution in [3.8, 4) is 11.1 Å². The highest BCUT2D eigenvalue weighted by Gasteiger charge is 2.22. The number of carbonyl (C=O) groups excluding carboxylic acids is 1. The van der Waals surface area contributed by atoms with Crippen molar-refractivity contribution in [3.05, 3.63) is 41.9 Å². The lowest BCUT2D eigenvalue weighted by atomic mass is 10.00. The topological polar surface area (TPSA) is 101 Å². The van der Waals surface area contributed by atoms with Crippen molar-refractivity contribution in [2.75, 3.05) is 17.2 Å². The molecule has 0 saturated carbocycles. The smallest absolute Gasteiger partial charge is 0.320 e. The van der Waals surface area contributed by atoms with Crippen LogP contribution in [0.5, 0.6) is 0 Å². The first-order valence-corrected chi connectivity index (χ1v) is 9.97. The molecule has 0 spiro atoms. The average Bonchev–Trinajstić information content (AvgIpc) is 2.66. The lowest BCUT2D eigenvalue weighted by Crippen LogP contribution is -2.40. The molecule has 0 radical (unpaired) electrons. The number of hydrogen-bond acceptors (Lipinski definition) is 4. The second-order valence-corrected chi connectivity index (χ2v) is 7.78. The van der Waals surface area contributed by atoms with Crippen LogP contribution in [0.25, 0.3) is 11.1 Å². The highest BCUT2D eigenvalue weighted by atomic mass is 32.2. The van der Waals surface area contributed by atoms with Crippen LogP contribution in [0.4, 0.5) is 10.6 Å². The summed E-state index contributed by atoms with van der Waals surface area (Å²) >= 11 is 0. The number of amides is 2. The molecule has 1 aliphatic heterocycles. The SMILES string of the molecule is CCS(=O)N[C@@H](C)c1cncc(-c2cnc3c(c2)CCCN3C(N)=O)c1. The van der Waals surface area contributed by atoms with Gasteiger partial charge in [-0.3, -0.25) is 9.88 Å². The van der Waals surface area contributed by atoms with Gasteiger partial charge in [-0.25, -0.2) is 18.7 Å². The van der Waals surface area contributed by atoms with Gasteiger partial charge in [-0.05, 0) is 43.0 Å². The minimum atomic E-state index is -1.06. The summed E-state index contributed by atoms with van der Waals surface area (Å²) in [6, 6.07) is 3.52. The molecule has 0 fully saturated rings. The van der Waals surface area contributed by atoms with Gasteiger partial charge in [0, 0.05) is 48.1 Å². The fourth-order valence-corrected chi connectivity index (χ4v) is 3.73. The molecule has 3 N–H and O–H groups in total. The number of nitrogens with two attached hydrogens (primary N) is 1. The molecule has 0 bridgehead atoms. The third kappa shape index (κ3) is 3.91. The highest BCUT2D eigenvalue weighted by molar-refractivity contribution is 7.82. The summed E-state index contributed by atoms with van der Waals surface area (Å²) in [5.41, 5.74) is 9.28. The zero-order valence-electron chi connectivity index (χ0n) is 14.9. The van der Waals surface area contributed by atoms with E-state index in [4.69, 9.17) is 5.73 Å². The van der Waals surface area contributed by atoms with Gasteiger partial charge in [-0.2, -0.15) is 0 Å². The molecular weight excluding hydrogens is 350 g/mol. The Morgan fingerprint density at radius 1 is 1.35 bits per heavy atom. The predicted octanol–water partition coefficient (Wildman–Crippen LogP) is 2.31. The molecular formula is C18H23N5O2S. The van der Waals surface area contributed by atoms with Gasteiger partial charge in [0.15, 0.2) is 0 Å². The van der Waals surface area contributed by atoms with Crippen LogP contribution in [-0.4, -0.2) is 32.5 Å². The van der Waals surface area contributed by atoms with E-state index in [-0.39, 0.29) is 6.04 Å². The van der Waals surface area contributed by atoms with Gasteiger partial charge in [-0.1, -0.05) is 6.92 Å². The molecule has 2 amide bonds. The summed E-state index contributed by atoms with van der Waals surface area (Å²) < 4.78 is 14.8. The quantitative estimate of drug-likeness (QED) is 0.840. The largest absolute Gasteiger partial charge is 0.351 e. The van der Waals surface area contributed by atoms with Crippen molar-refractivity contribution < 1.29 is 9.00 Å². The second kappa shape index (κ2) is 7.92. The third-order valence-corrected chi connectivity index (χ3v) is 5.60. The van der Waals surface area contributed by atoms with E-state index in [1.165, 1.54) is 4.90 Å². The van der Waals surface area contributed by atoms with Crippen molar-refractivity contribution in [2.24, 2.45) is 5.73 Å². The number of pyridine rings is 2. The van der Waals surface area contributed by atoms with Crippen LogP contribution in [-0.2, 0) is 17.4 Å². The van der Waals surface area contributed by atoms with E-state index in [0.717, 1.165) is 35.1 Å². The zero-order valence-corrected chi connectivity index (χ0v) is 15.8. The number of anilines is 1. The second-order valence-electron chi connectivity index (χ2n) is 6.28. The van der Waals surface area contributed by atoms with E-state index in [9.17, 15) is 9.00 Å². The maximum Gasteiger partial charge on any atom is 0.320 e. The lowest BCUT2D eigenvalue weighted by molar-refractivity contribution is 0.253. The number of hydrogen-bond donors (Lipinski definition) is 2. The Hall–Kier alpha value is -2.32. The van der Waals surface area contributed by atoms with Crippen molar-refractivity contribution in [3.63, 3.8) is 0 Å². The van der Waals surface area contributed by atoms with Gasteiger partial charge >= 0.3 is 6.03 Å². The minimum Gasteiger partial charge on any atom is -0.351 e. The molecule has 3 heterocycles. The first-order chi connectivity index (χ1) is 12.5. The number of carbonyl (C=O) groups is 1. The number of aryl methyl sites for hydroxylation is 1. The lowest BCUT2D eigenvalue weighted by Gasteiger charge is -2.27. The predicted molar refractivity (Wildman–Crippen MR) is 103 cm³/mol. The van der Waals surface area contributed by atoms with E-state index in [2.05, 4.69) is 14.7 Å². The Bertz CT molecular complexity index is 842. The Balaban J connectivity index is 1.89. The molecule has 2 aromatic heterocycles. The van der Waals surface area contributed by atoms with Gasteiger partial charge in [0.1, 0.15) is 5.82 Å². The minimum absolute atomic E-state index is 0.0702. The maximum absolute atomic E-state index is 11.7. The number of aromatic nitrogens is 2. The van der Waals surface area contributed by atoms with Crippen molar-refractivity contribution in [2.45, 2.75) is 32.7 Å². The normalized spacial score (nSPS) is 16.0. The molecule has 0 aliphatic carbocycles. The molecule has 7 nitrogen and oxygen atoms in total. The average molecular weight is 373 g/mol. The zero-order chi connectivity index (χ0) is 18.7. The Morgan fingerprint density at radius 2 is 2.12 bits per heavy atom. The maximum atomic E-state index is 11.7. The van der Waals surface area contributed by atoms with Crippen LogP contribution in [0, 0.1) is 0 Å². The highest BCUT2D eigenvalue weighted by Crippen LogP contribution is 2.30. The number of rotatable bonds is 5. The van der Waals surface area contributed by atoms with Crippen LogP contribution >= 0.6 is 0 Å². The summed E-state index contributed by atoms with van der Waals surface area (Å²) in [5, 5.41) is 0. The Labute approximate surface area is 155 Å². The Kier molecular flexibility index (Phi) is 5.63. The number of urea groups is 1. The van der Waals surface area contributed by atoms with Crippen LogP contribution < -0.4 is 15.4 Å². The van der Waals surface area contributed by atoms with Crippen LogP contribution in [0.1, 0.15) is 37.4 Å². The van der Waals surface area contributed by atoms with Crippen molar-refractivity contribution in [1.82, 2.24) is 14.7 Å². The van der Waals surface area contributed by atoms with E-state index in [1.54, 1.807) is 18.6 Å². The standard InChI is InChI=1S/C18H23N5O2S/c1-3-26(25)22-12(2)14-8-15(10-20-9-14)16-7-13-5-4-6-23(18(19)24)17(13)21-11-16/h7-12,22H,3-6H2,1-2H3,(H2,19,24)/t12-,26?/m0/s1. The Morgan fingerprint density at radius 3 is 2.85 bits per heavy atom. The number of fused-ring (bicyclic) bond motifs is 1. The monoisotopic (exact) mass is 373 g/mol. The molecule has 8 heteroatoms. The molecule has 26 heavy (non-hydrogen) atoms. The third-order valence-electron chi connectivity index (χ3n) is 4.46. The van der Waals surface area contributed by atoms with Gasteiger partial charge < -0.3 is 5.73 Å². The van der Waals surface area contributed by atoms with Crippen LogP contribution in [0.3, 0.4) is 0 Å². The summed E-state index contributed by atoms with van der Waals surface area (Å²) in [6.07, 6.45) is 7.02. The van der Waals surface area contributed by atoms with Crippen molar-refractivity contribution >= 4 is 22.8 Å². The van der Waals surface area contributed by atoms with Crippen molar-refractivity contribution in [1.29, 1.82) is 0 Å². The first kappa shape index (κ1) is 18.5. The molecule has 138 valence electrons. The molecule has 3 rings (SSSR count). The molecule has 0 aromatic carbocycles. The number of primary amides is 1. The molecule has 2 atom stereocenters. The van der Waals surface area contributed by atoms with Crippen LogP contribution in [0.2, 0.25) is 0 Å². The van der Waals surface area contributed by atoms with Gasteiger partial charge in [-0.15, -0.1) is 0 Å². The summed E-state index contributed by atoms with van der Waals surface area (Å²) in [4.78, 5) is 21.9. The van der Waals surface area contributed by atoms with E-state index < -0.39 is 17.0 Å². The van der Waals surface area contributed by atoms with E-state index in [1.807, 2.05) is 26.0 Å². The van der Waals surface area contributed by atoms with E-state index >= 15 is 0 Å². The molecule has 1 unspecified atom stereocenters. The molecule has 1 aliphatic rings.